The molecular formula is C17H20BrFN2. The molecule has 1 unspecified atom stereocenters. The Balaban J connectivity index is 2.43. The van der Waals surface area contributed by atoms with E-state index in [0.29, 0.717) is 12.1 Å². The number of hydrogen-bond acceptors (Lipinski definition) is 2. The van der Waals surface area contributed by atoms with Crippen molar-refractivity contribution >= 4 is 21.6 Å². The highest BCUT2D eigenvalue weighted by atomic mass is 79.9. The molecule has 0 aromatic heterocycles. The van der Waals surface area contributed by atoms with Crippen molar-refractivity contribution in [1.82, 2.24) is 0 Å². The first-order chi connectivity index (χ1) is 9.93. The Morgan fingerprint density at radius 1 is 1.19 bits per heavy atom. The Kier molecular flexibility index (Phi) is 5.01. The van der Waals surface area contributed by atoms with Gasteiger partial charge in [-0.3, -0.25) is 0 Å². The predicted octanol–water partition coefficient (Wildman–Crippen LogP) is 4.34. The van der Waals surface area contributed by atoms with Crippen LogP contribution in [0, 0.1) is 19.7 Å². The third kappa shape index (κ3) is 3.44. The van der Waals surface area contributed by atoms with Crippen molar-refractivity contribution in [1.29, 1.82) is 0 Å². The lowest BCUT2D eigenvalue weighted by molar-refractivity contribution is 0.572. The van der Waals surface area contributed by atoms with E-state index in [2.05, 4.69) is 48.0 Å². The first kappa shape index (κ1) is 16.0. The summed E-state index contributed by atoms with van der Waals surface area (Å²) < 4.78 is 15.0. The monoisotopic (exact) mass is 350 g/mol. The van der Waals surface area contributed by atoms with Crippen LogP contribution in [0.3, 0.4) is 0 Å². The third-order valence-corrected chi connectivity index (χ3v) is 4.23. The summed E-state index contributed by atoms with van der Waals surface area (Å²) >= 11 is 3.40. The van der Waals surface area contributed by atoms with Crippen LogP contribution in [0.15, 0.2) is 40.9 Å². The molecular weight excluding hydrogens is 331 g/mol. The van der Waals surface area contributed by atoms with Crippen LogP contribution in [-0.2, 0) is 0 Å². The van der Waals surface area contributed by atoms with Crippen LogP contribution < -0.4 is 10.6 Å². The van der Waals surface area contributed by atoms with Gasteiger partial charge in [-0.2, -0.15) is 0 Å². The molecule has 0 bridgehead atoms. The van der Waals surface area contributed by atoms with Crippen molar-refractivity contribution in [3.8, 4) is 0 Å². The Labute approximate surface area is 133 Å². The van der Waals surface area contributed by atoms with Gasteiger partial charge in [-0.25, -0.2) is 4.39 Å². The quantitative estimate of drug-likeness (QED) is 0.888. The molecule has 0 spiro atoms. The number of nitrogens with two attached hydrogens (primary N) is 1. The number of halogens is 2. The number of rotatable bonds is 4. The molecule has 0 fully saturated rings. The smallest absolute Gasteiger partial charge is 0.128 e. The zero-order chi connectivity index (χ0) is 15.6. The Hall–Kier alpha value is -1.39. The molecule has 2 aromatic carbocycles. The summed E-state index contributed by atoms with van der Waals surface area (Å²) in [4.78, 5) is 2.04. The highest BCUT2D eigenvalue weighted by Gasteiger charge is 2.21. The summed E-state index contributed by atoms with van der Waals surface area (Å²) in [5.41, 5.74) is 9.96. The zero-order valence-electron chi connectivity index (χ0n) is 12.5. The molecule has 0 saturated carbocycles. The summed E-state index contributed by atoms with van der Waals surface area (Å²) in [6.07, 6.45) is 0. The number of nitrogens with zero attached hydrogens (tertiary/aromatic N) is 1. The van der Waals surface area contributed by atoms with Gasteiger partial charge in [0.25, 0.3) is 0 Å². The predicted molar refractivity (Wildman–Crippen MR) is 90.2 cm³/mol. The van der Waals surface area contributed by atoms with E-state index in [1.54, 1.807) is 12.1 Å². The number of hydrogen-bond donors (Lipinski definition) is 1. The first-order valence-corrected chi connectivity index (χ1v) is 7.68. The number of aryl methyl sites for hydroxylation is 2. The summed E-state index contributed by atoms with van der Waals surface area (Å²) in [5.74, 6) is -0.231. The SMILES string of the molecule is Cc1ccc(N(C)C(CN)c2cc(Br)ccc2F)c(C)c1. The zero-order valence-corrected chi connectivity index (χ0v) is 14.1. The van der Waals surface area contributed by atoms with Crippen LogP contribution in [0.4, 0.5) is 10.1 Å². The van der Waals surface area contributed by atoms with E-state index >= 15 is 0 Å². The number of benzene rings is 2. The molecule has 0 radical (unpaired) electrons. The minimum atomic E-state index is -0.231. The molecule has 0 aliphatic carbocycles. The fourth-order valence-corrected chi connectivity index (χ4v) is 3.01. The van der Waals surface area contributed by atoms with Gasteiger partial charge in [0.1, 0.15) is 5.82 Å². The molecule has 112 valence electrons. The van der Waals surface area contributed by atoms with Crippen molar-refractivity contribution in [3.63, 3.8) is 0 Å². The lowest BCUT2D eigenvalue weighted by atomic mass is 10.0. The molecule has 21 heavy (non-hydrogen) atoms. The Bertz CT molecular complexity index is 643. The topological polar surface area (TPSA) is 29.3 Å². The maximum atomic E-state index is 14.1. The molecule has 4 heteroatoms. The van der Waals surface area contributed by atoms with Crippen molar-refractivity contribution in [2.24, 2.45) is 5.73 Å². The molecule has 2 rings (SSSR count). The molecule has 0 heterocycles. The van der Waals surface area contributed by atoms with E-state index in [4.69, 9.17) is 5.73 Å². The first-order valence-electron chi connectivity index (χ1n) is 6.89. The average Bonchev–Trinajstić information content (AvgIpc) is 2.43. The maximum Gasteiger partial charge on any atom is 0.128 e. The summed E-state index contributed by atoms with van der Waals surface area (Å²) in [6.45, 7) is 4.46. The van der Waals surface area contributed by atoms with E-state index in [0.717, 1.165) is 15.7 Å². The van der Waals surface area contributed by atoms with Gasteiger partial charge in [0, 0.05) is 29.3 Å². The summed E-state index contributed by atoms with van der Waals surface area (Å²) in [6, 6.07) is 11.0. The Morgan fingerprint density at radius 3 is 2.52 bits per heavy atom. The van der Waals surface area contributed by atoms with Gasteiger partial charge >= 0.3 is 0 Å². The van der Waals surface area contributed by atoms with Gasteiger partial charge in [-0.15, -0.1) is 0 Å². The molecule has 2 nitrogen and oxygen atoms in total. The largest absolute Gasteiger partial charge is 0.366 e. The standard InChI is InChI=1S/C17H20BrFN2/c1-11-4-7-16(12(2)8-11)21(3)17(10-20)14-9-13(18)5-6-15(14)19/h4-9,17H,10,20H2,1-3H3. The second-order valence-electron chi connectivity index (χ2n) is 5.32. The Morgan fingerprint density at radius 2 is 1.90 bits per heavy atom. The summed E-state index contributed by atoms with van der Waals surface area (Å²) in [7, 11) is 1.95. The van der Waals surface area contributed by atoms with Gasteiger partial charge < -0.3 is 10.6 Å². The molecule has 0 aliphatic heterocycles. The molecule has 2 aromatic rings. The second kappa shape index (κ2) is 6.58. The molecule has 0 saturated heterocycles. The highest BCUT2D eigenvalue weighted by molar-refractivity contribution is 9.10. The van der Waals surface area contributed by atoms with E-state index < -0.39 is 0 Å². The lowest BCUT2D eigenvalue weighted by Crippen LogP contribution is -2.31. The van der Waals surface area contributed by atoms with Crippen LogP contribution in [0.1, 0.15) is 22.7 Å². The fourth-order valence-electron chi connectivity index (χ4n) is 2.63. The highest BCUT2D eigenvalue weighted by Crippen LogP contribution is 2.30. The molecule has 2 N–H and O–H groups in total. The lowest BCUT2D eigenvalue weighted by Gasteiger charge is -2.31. The van der Waals surface area contributed by atoms with Crippen LogP contribution in [-0.4, -0.2) is 13.6 Å². The van der Waals surface area contributed by atoms with E-state index in [1.165, 1.54) is 11.6 Å². The van der Waals surface area contributed by atoms with Crippen LogP contribution in [0.5, 0.6) is 0 Å². The summed E-state index contributed by atoms with van der Waals surface area (Å²) in [5, 5.41) is 0. The maximum absolute atomic E-state index is 14.1. The van der Waals surface area contributed by atoms with Crippen molar-refractivity contribution in [3.05, 3.63) is 63.4 Å². The minimum absolute atomic E-state index is 0.205. The van der Waals surface area contributed by atoms with E-state index in [-0.39, 0.29) is 11.9 Å². The molecule has 0 aliphatic rings. The molecule has 0 amide bonds. The van der Waals surface area contributed by atoms with Gasteiger partial charge in [-0.05, 0) is 43.7 Å². The number of likely N-dealkylation sites (N-methyl/N-ethyl adjacent to an activating group) is 1. The third-order valence-electron chi connectivity index (χ3n) is 3.74. The second-order valence-corrected chi connectivity index (χ2v) is 6.23. The van der Waals surface area contributed by atoms with Gasteiger partial charge in [0.05, 0.1) is 6.04 Å². The van der Waals surface area contributed by atoms with Gasteiger partial charge in [0.2, 0.25) is 0 Å². The van der Waals surface area contributed by atoms with Crippen LogP contribution in [0.2, 0.25) is 0 Å². The minimum Gasteiger partial charge on any atom is -0.366 e. The fraction of sp³-hybridized carbons (Fsp3) is 0.294. The van der Waals surface area contributed by atoms with Crippen LogP contribution >= 0.6 is 15.9 Å². The van der Waals surface area contributed by atoms with Crippen molar-refractivity contribution in [2.75, 3.05) is 18.5 Å². The van der Waals surface area contributed by atoms with Gasteiger partial charge in [0.15, 0.2) is 0 Å². The number of anilines is 1. The van der Waals surface area contributed by atoms with E-state index in [1.807, 2.05) is 11.9 Å². The van der Waals surface area contributed by atoms with E-state index in [9.17, 15) is 4.39 Å². The normalized spacial score (nSPS) is 12.3. The average molecular weight is 351 g/mol. The van der Waals surface area contributed by atoms with Crippen molar-refractivity contribution in [2.45, 2.75) is 19.9 Å². The van der Waals surface area contributed by atoms with Gasteiger partial charge in [-0.1, -0.05) is 33.6 Å². The van der Waals surface area contributed by atoms with Crippen molar-refractivity contribution < 1.29 is 4.39 Å². The molecule has 1 atom stereocenters. The van der Waals surface area contributed by atoms with Crippen LogP contribution in [0.25, 0.3) is 0 Å².